The number of anilines is 1. The first-order valence-electron chi connectivity index (χ1n) is 11.0. The molecule has 164 valence electrons. The summed E-state index contributed by atoms with van der Waals surface area (Å²) >= 11 is 0. The van der Waals surface area contributed by atoms with Gasteiger partial charge in [-0.2, -0.15) is 4.31 Å². The summed E-state index contributed by atoms with van der Waals surface area (Å²) in [5.74, 6) is 0.240. The lowest BCUT2D eigenvalue weighted by Crippen LogP contribution is -2.48. The second kappa shape index (κ2) is 7.91. The van der Waals surface area contributed by atoms with Crippen LogP contribution in [0, 0.1) is 11.8 Å². The molecule has 1 saturated heterocycles. The van der Waals surface area contributed by atoms with Crippen molar-refractivity contribution in [2.75, 3.05) is 18.4 Å². The van der Waals surface area contributed by atoms with Crippen LogP contribution >= 0.6 is 0 Å². The zero-order valence-corrected chi connectivity index (χ0v) is 18.2. The molecule has 2 aromatic rings. The van der Waals surface area contributed by atoms with Gasteiger partial charge in [0, 0.05) is 48.9 Å². The third-order valence-electron chi connectivity index (χ3n) is 6.93. The largest absolute Gasteiger partial charge is 0.326 e. The fourth-order valence-corrected chi connectivity index (χ4v) is 6.90. The highest BCUT2D eigenvalue weighted by molar-refractivity contribution is 7.89. The van der Waals surface area contributed by atoms with E-state index in [1.807, 2.05) is 6.07 Å². The van der Waals surface area contributed by atoms with E-state index in [-0.39, 0.29) is 34.1 Å². The molecule has 1 amide bonds. The van der Waals surface area contributed by atoms with Crippen molar-refractivity contribution in [3.8, 4) is 0 Å². The number of aromatic nitrogens is 1. The summed E-state index contributed by atoms with van der Waals surface area (Å²) < 4.78 is 30.0. The molecule has 1 aromatic heterocycles. The summed E-state index contributed by atoms with van der Waals surface area (Å²) in [7, 11) is -3.64. The van der Waals surface area contributed by atoms with Crippen LogP contribution in [0.3, 0.4) is 0 Å². The summed E-state index contributed by atoms with van der Waals surface area (Å²) in [6.45, 7) is 1.35. The van der Waals surface area contributed by atoms with E-state index in [0.717, 1.165) is 37.8 Å². The van der Waals surface area contributed by atoms with Gasteiger partial charge in [-0.05, 0) is 55.5 Å². The zero-order chi connectivity index (χ0) is 21.6. The summed E-state index contributed by atoms with van der Waals surface area (Å²) in [6.07, 6.45) is 4.93. The first-order chi connectivity index (χ1) is 14.9. The molecule has 0 spiro atoms. The van der Waals surface area contributed by atoms with Crippen molar-refractivity contribution in [3.05, 3.63) is 58.5 Å². The average molecular weight is 442 g/mol. The van der Waals surface area contributed by atoms with E-state index < -0.39 is 10.0 Å². The molecule has 1 N–H and O–H groups in total. The lowest BCUT2D eigenvalue weighted by molar-refractivity contribution is -0.119. The second-order valence-electron chi connectivity index (χ2n) is 9.02. The minimum atomic E-state index is -3.64. The minimum absolute atomic E-state index is 0.0150. The predicted molar refractivity (Wildman–Crippen MR) is 117 cm³/mol. The van der Waals surface area contributed by atoms with Crippen LogP contribution in [0.15, 0.2) is 52.2 Å². The molecule has 31 heavy (non-hydrogen) atoms. The monoisotopic (exact) mass is 441 g/mol. The number of nitrogens with one attached hydrogen (secondary N) is 1. The Labute approximate surface area is 182 Å². The van der Waals surface area contributed by atoms with Crippen molar-refractivity contribution in [2.45, 2.75) is 49.5 Å². The molecule has 1 aliphatic carbocycles. The van der Waals surface area contributed by atoms with Crippen LogP contribution in [-0.2, 0) is 21.4 Å². The van der Waals surface area contributed by atoms with Gasteiger partial charge in [-0.15, -0.1) is 0 Å². The maximum absolute atomic E-state index is 13.3. The number of fused-ring (bicyclic) bond motifs is 4. The molecule has 3 heterocycles. The molecule has 2 atom stereocenters. The van der Waals surface area contributed by atoms with E-state index in [4.69, 9.17) is 0 Å². The van der Waals surface area contributed by atoms with E-state index in [0.29, 0.717) is 25.3 Å². The molecule has 2 bridgehead atoms. The highest BCUT2D eigenvalue weighted by atomic mass is 32.2. The Kier molecular flexibility index (Phi) is 5.22. The van der Waals surface area contributed by atoms with Crippen LogP contribution in [0.25, 0.3) is 0 Å². The number of nitrogens with zero attached hydrogens (tertiary/aromatic N) is 2. The summed E-state index contributed by atoms with van der Waals surface area (Å²) in [4.78, 5) is 24.7. The first kappa shape index (κ1) is 20.5. The van der Waals surface area contributed by atoms with E-state index in [1.165, 1.54) is 0 Å². The molecule has 5 rings (SSSR count). The average Bonchev–Trinajstić information content (AvgIpc) is 3.30. The molecule has 8 heteroatoms. The topological polar surface area (TPSA) is 88.5 Å². The van der Waals surface area contributed by atoms with E-state index >= 15 is 0 Å². The van der Waals surface area contributed by atoms with Crippen molar-refractivity contribution >= 4 is 21.6 Å². The maximum atomic E-state index is 13.3. The normalized spacial score (nSPS) is 24.0. The van der Waals surface area contributed by atoms with Gasteiger partial charge in [0.15, 0.2) is 0 Å². The molecule has 2 unspecified atom stereocenters. The van der Waals surface area contributed by atoms with Gasteiger partial charge in [0.2, 0.25) is 15.9 Å². The molecule has 7 nitrogen and oxygen atoms in total. The quantitative estimate of drug-likeness (QED) is 0.790. The Bertz CT molecular complexity index is 1150. The molecule has 1 aromatic carbocycles. The van der Waals surface area contributed by atoms with Crippen LogP contribution in [0.2, 0.25) is 0 Å². The van der Waals surface area contributed by atoms with Crippen molar-refractivity contribution in [2.24, 2.45) is 11.8 Å². The number of pyridine rings is 1. The molecule has 3 aliphatic rings. The number of hydrogen-bond acceptors (Lipinski definition) is 4. The number of piperidine rings is 1. The SMILES string of the molecule is O=C(Nc1ccc(S(=O)(=O)N2CC3CC(C2)c2cccc(=O)n2C3)cc1)C1CCCC1. The van der Waals surface area contributed by atoms with Gasteiger partial charge in [0.05, 0.1) is 4.90 Å². The van der Waals surface area contributed by atoms with E-state index in [1.54, 1.807) is 45.3 Å². The van der Waals surface area contributed by atoms with Gasteiger partial charge in [-0.1, -0.05) is 18.9 Å². The number of carbonyl (C=O) groups excluding carboxylic acids is 1. The molecular formula is C23H27N3O4S. The number of hydrogen-bond donors (Lipinski definition) is 1. The predicted octanol–water partition coefficient (Wildman–Crippen LogP) is 2.79. The Morgan fingerprint density at radius 2 is 1.71 bits per heavy atom. The van der Waals surface area contributed by atoms with Crippen molar-refractivity contribution in [1.82, 2.24) is 8.87 Å². The summed E-state index contributed by atoms with van der Waals surface area (Å²) in [5.41, 5.74) is 1.53. The molecule has 2 aliphatic heterocycles. The summed E-state index contributed by atoms with van der Waals surface area (Å²) in [5, 5.41) is 2.91. The third kappa shape index (κ3) is 3.83. The van der Waals surface area contributed by atoms with Gasteiger partial charge in [0.1, 0.15) is 0 Å². The van der Waals surface area contributed by atoms with Gasteiger partial charge in [0.25, 0.3) is 5.56 Å². The number of benzene rings is 1. The summed E-state index contributed by atoms with van der Waals surface area (Å²) in [6, 6.07) is 11.7. The molecular weight excluding hydrogens is 414 g/mol. The Morgan fingerprint density at radius 3 is 2.45 bits per heavy atom. The fraction of sp³-hybridized carbons (Fsp3) is 0.478. The number of carbonyl (C=O) groups is 1. The van der Waals surface area contributed by atoms with Crippen LogP contribution in [0.5, 0.6) is 0 Å². The number of sulfonamides is 1. The molecule has 2 fully saturated rings. The van der Waals surface area contributed by atoms with Crippen molar-refractivity contribution in [3.63, 3.8) is 0 Å². The van der Waals surface area contributed by atoms with Crippen LogP contribution < -0.4 is 10.9 Å². The fourth-order valence-electron chi connectivity index (χ4n) is 5.34. The molecule has 1 saturated carbocycles. The van der Waals surface area contributed by atoms with Crippen LogP contribution in [0.4, 0.5) is 5.69 Å². The standard InChI is InChI=1S/C23H27N3O4S/c27-22-7-3-6-21-18-12-16(14-26(21)22)13-25(15-18)31(29,30)20-10-8-19(9-11-20)24-23(28)17-4-1-2-5-17/h3,6-11,16-18H,1-2,4-5,12-15H2,(H,24,28). The number of rotatable bonds is 4. The van der Waals surface area contributed by atoms with Crippen molar-refractivity contribution in [1.29, 1.82) is 0 Å². The van der Waals surface area contributed by atoms with Crippen LogP contribution in [0.1, 0.15) is 43.7 Å². The molecule has 0 radical (unpaired) electrons. The second-order valence-corrected chi connectivity index (χ2v) is 11.0. The Hall–Kier alpha value is -2.45. The highest BCUT2D eigenvalue weighted by Crippen LogP contribution is 2.37. The smallest absolute Gasteiger partial charge is 0.250 e. The third-order valence-corrected chi connectivity index (χ3v) is 8.78. The highest BCUT2D eigenvalue weighted by Gasteiger charge is 2.39. The number of amides is 1. The first-order valence-corrected chi connectivity index (χ1v) is 12.5. The maximum Gasteiger partial charge on any atom is 0.250 e. The van der Waals surface area contributed by atoms with Gasteiger partial charge >= 0.3 is 0 Å². The lowest BCUT2D eigenvalue weighted by Gasteiger charge is -2.42. The zero-order valence-electron chi connectivity index (χ0n) is 17.4. The van der Waals surface area contributed by atoms with E-state index in [2.05, 4.69) is 5.32 Å². The van der Waals surface area contributed by atoms with Gasteiger partial charge in [-0.3, -0.25) is 9.59 Å². The van der Waals surface area contributed by atoms with Crippen molar-refractivity contribution < 1.29 is 13.2 Å². The Balaban J connectivity index is 1.33. The Morgan fingerprint density at radius 1 is 0.968 bits per heavy atom. The van der Waals surface area contributed by atoms with Gasteiger partial charge < -0.3 is 9.88 Å². The van der Waals surface area contributed by atoms with E-state index in [9.17, 15) is 18.0 Å². The lowest BCUT2D eigenvalue weighted by atomic mass is 9.84. The minimum Gasteiger partial charge on any atom is -0.326 e. The van der Waals surface area contributed by atoms with Gasteiger partial charge in [-0.25, -0.2) is 8.42 Å². The van der Waals surface area contributed by atoms with Crippen LogP contribution in [-0.4, -0.2) is 36.3 Å².